The minimum Gasteiger partial charge on any atom is -0.481 e. The molecule has 1 aromatic rings. The summed E-state index contributed by atoms with van der Waals surface area (Å²) in [5.74, 6) is 4.59. The third-order valence-corrected chi connectivity index (χ3v) is 4.06. The molecule has 0 aliphatic heterocycles. The molecule has 0 bridgehead atoms. The van der Waals surface area contributed by atoms with Crippen LogP contribution in [0.4, 0.5) is 0 Å². The normalized spacial score (nSPS) is 10.1. The molecule has 0 amide bonds. The van der Waals surface area contributed by atoms with Crippen LogP contribution in [0.3, 0.4) is 0 Å². The first-order valence-corrected chi connectivity index (χ1v) is 9.13. The zero-order valence-corrected chi connectivity index (χ0v) is 14.8. The summed E-state index contributed by atoms with van der Waals surface area (Å²) in [6.07, 6.45) is 11.3. The molecule has 0 fully saturated rings. The number of rotatable bonds is 12. The van der Waals surface area contributed by atoms with E-state index >= 15 is 0 Å². The van der Waals surface area contributed by atoms with Crippen LogP contribution in [0.25, 0.3) is 0 Å². The molecule has 4 nitrogen and oxygen atoms in total. The lowest BCUT2D eigenvalue weighted by molar-refractivity contribution is -0.137. The van der Waals surface area contributed by atoms with Crippen LogP contribution in [0.15, 0.2) is 24.3 Å². The maximum atomic E-state index is 10.8. The number of carbonyl (C=O) groups is 2. The molecule has 0 heterocycles. The van der Waals surface area contributed by atoms with Gasteiger partial charge in [-0.3, -0.25) is 4.79 Å². The molecule has 1 aromatic carbocycles. The predicted molar refractivity (Wildman–Crippen MR) is 98.7 cm³/mol. The Morgan fingerprint density at radius 3 is 1.80 bits per heavy atom. The summed E-state index contributed by atoms with van der Waals surface area (Å²) in [6.45, 7) is 0. The van der Waals surface area contributed by atoms with E-state index in [0.717, 1.165) is 37.7 Å². The van der Waals surface area contributed by atoms with Crippen molar-refractivity contribution in [3.05, 3.63) is 35.4 Å². The van der Waals surface area contributed by atoms with Gasteiger partial charge in [0.2, 0.25) is 0 Å². The van der Waals surface area contributed by atoms with Crippen molar-refractivity contribution in [2.24, 2.45) is 0 Å². The SMILES string of the molecule is O=C(O)CCCCCCCCCCCC#Cc1ccc(C(=O)O)cc1. The number of carboxylic acid groups (broad SMARTS) is 2. The van der Waals surface area contributed by atoms with Gasteiger partial charge in [-0.25, -0.2) is 4.79 Å². The van der Waals surface area contributed by atoms with Crippen molar-refractivity contribution in [1.29, 1.82) is 0 Å². The quantitative estimate of drug-likeness (QED) is 0.408. The number of aromatic carboxylic acids is 1. The minimum atomic E-state index is -0.917. The smallest absolute Gasteiger partial charge is 0.335 e. The second-order valence-electron chi connectivity index (χ2n) is 6.26. The van der Waals surface area contributed by atoms with Crippen LogP contribution in [-0.4, -0.2) is 22.2 Å². The van der Waals surface area contributed by atoms with Gasteiger partial charge in [-0.05, 0) is 37.1 Å². The largest absolute Gasteiger partial charge is 0.481 e. The first-order valence-electron chi connectivity index (χ1n) is 9.13. The lowest BCUT2D eigenvalue weighted by atomic mass is 10.1. The summed E-state index contributed by atoms with van der Waals surface area (Å²) in [7, 11) is 0. The van der Waals surface area contributed by atoms with Crippen molar-refractivity contribution in [3.8, 4) is 11.8 Å². The zero-order valence-electron chi connectivity index (χ0n) is 14.8. The van der Waals surface area contributed by atoms with Crippen LogP contribution >= 0.6 is 0 Å². The van der Waals surface area contributed by atoms with Gasteiger partial charge in [0.25, 0.3) is 0 Å². The second-order valence-corrected chi connectivity index (χ2v) is 6.26. The van der Waals surface area contributed by atoms with Crippen molar-refractivity contribution in [2.45, 2.75) is 70.6 Å². The zero-order chi connectivity index (χ0) is 18.3. The monoisotopic (exact) mass is 344 g/mol. The number of hydrogen-bond acceptors (Lipinski definition) is 2. The topological polar surface area (TPSA) is 74.6 Å². The highest BCUT2D eigenvalue weighted by atomic mass is 16.4. The van der Waals surface area contributed by atoms with Gasteiger partial charge in [0.15, 0.2) is 0 Å². The Bertz CT molecular complexity index is 578. The number of unbranched alkanes of at least 4 members (excludes halogenated alkanes) is 9. The Labute approximate surface area is 150 Å². The van der Waals surface area contributed by atoms with Crippen LogP contribution in [0.5, 0.6) is 0 Å². The Morgan fingerprint density at radius 1 is 0.760 bits per heavy atom. The molecule has 0 saturated heterocycles. The molecule has 2 N–H and O–H groups in total. The standard InChI is InChI=1S/C21H28O4/c22-20(23)13-11-9-7-5-3-1-2-4-6-8-10-12-18-14-16-19(17-15-18)21(24)25/h14-17H,1-9,11,13H2,(H,22,23)(H,24,25). The van der Waals surface area contributed by atoms with Gasteiger partial charge in [-0.2, -0.15) is 0 Å². The Kier molecular flexibility index (Phi) is 10.8. The van der Waals surface area contributed by atoms with Gasteiger partial charge in [-0.1, -0.05) is 56.8 Å². The molecule has 25 heavy (non-hydrogen) atoms. The molecular formula is C21H28O4. The first-order chi connectivity index (χ1) is 12.1. The van der Waals surface area contributed by atoms with E-state index in [9.17, 15) is 9.59 Å². The average molecular weight is 344 g/mol. The summed E-state index contributed by atoms with van der Waals surface area (Å²) < 4.78 is 0. The second kappa shape index (κ2) is 13.1. The van der Waals surface area contributed by atoms with E-state index in [-0.39, 0.29) is 5.56 Å². The highest BCUT2D eigenvalue weighted by Crippen LogP contribution is 2.11. The van der Waals surface area contributed by atoms with E-state index in [1.54, 1.807) is 24.3 Å². The van der Waals surface area contributed by atoms with Gasteiger partial charge in [0, 0.05) is 18.4 Å². The molecule has 4 heteroatoms. The van der Waals surface area contributed by atoms with Crippen molar-refractivity contribution < 1.29 is 19.8 Å². The minimum absolute atomic E-state index is 0.285. The van der Waals surface area contributed by atoms with Crippen LogP contribution in [-0.2, 0) is 4.79 Å². The average Bonchev–Trinajstić information content (AvgIpc) is 2.59. The van der Waals surface area contributed by atoms with Crippen molar-refractivity contribution >= 4 is 11.9 Å². The van der Waals surface area contributed by atoms with Crippen molar-refractivity contribution in [3.63, 3.8) is 0 Å². The van der Waals surface area contributed by atoms with Gasteiger partial charge in [-0.15, -0.1) is 0 Å². The van der Waals surface area contributed by atoms with Crippen LogP contribution in [0.1, 0.15) is 86.6 Å². The van der Waals surface area contributed by atoms with Crippen molar-refractivity contribution in [1.82, 2.24) is 0 Å². The summed E-state index contributed by atoms with van der Waals surface area (Å²) >= 11 is 0. The molecule has 0 saturated carbocycles. The first kappa shape index (κ1) is 20.8. The molecule has 0 aliphatic rings. The number of aliphatic carboxylic acids is 1. The molecule has 0 unspecified atom stereocenters. The third-order valence-electron chi connectivity index (χ3n) is 4.06. The number of carboxylic acids is 2. The van der Waals surface area contributed by atoms with E-state index in [4.69, 9.17) is 10.2 Å². The molecule has 0 spiro atoms. The summed E-state index contributed by atoms with van der Waals surface area (Å²) in [4.78, 5) is 21.1. The molecule has 0 radical (unpaired) electrons. The summed E-state index contributed by atoms with van der Waals surface area (Å²) in [5, 5.41) is 17.4. The van der Waals surface area contributed by atoms with Crippen LogP contribution in [0, 0.1) is 11.8 Å². The van der Waals surface area contributed by atoms with Gasteiger partial charge in [0.1, 0.15) is 0 Å². The lowest BCUT2D eigenvalue weighted by Crippen LogP contribution is -1.94. The van der Waals surface area contributed by atoms with Crippen molar-refractivity contribution in [2.75, 3.05) is 0 Å². The highest BCUT2D eigenvalue weighted by molar-refractivity contribution is 5.87. The summed E-state index contributed by atoms with van der Waals surface area (Å²) in [6, 6.07) is 6.64. The maximum Gasteiger partial charge on any atom is 0.335 e. The lowest BCUT2D eigenvalue weighted by Gasteiger charge is -2.01. The fourth-order valence-electron chi connectivity index (χ4n) is 2.59. The van der Waals surface area contributed by atoms with Gasteiger partial charge in [0.05, 0.1) is 5.56 Å². The Hall–Kier alpha value is -2.28. The predicted octanol–water partition coefficient (Wildman–Crippen LogP) is 5.11. The third kappa shape index (κ3) is 11.0. The fourth-order valence-corrected chi connectivity index (χ4v) is 2.59. The van der Waals surface area contributed by atoms with E-state index < -0.39 is 11.9 Å². The van der Waals surface area contributed by atoms with E-state index in [2.05, 4.69) is 11.8 Å². The maximum absolute atomic E-state index is 10.8. The molecule has 1 rings (SSSR count). The number of benzene rings is 1. The van der Waals surface area contributed by atoms with E-state index in [0.29, 0.717) is 6.42 Å². The van der Waals surface area contributed by atoms with Crippen LogP contribution in [0.2, 0.25) is 0 Å². The molecule has 0 aromatic heterocycles. The van der Waals surface area contributed by atoms with Crippen LogP contribution < -0.4 is 0 Å². The Morgan fingerprint density at radius 2 is 1.28 bits per heavy atom. The molecule has 0 atom stereocenters. The van der Waals surface area contributed by atoms with Gasteiger partial charge < -0.3 is 10.2 Å². The Balaban J connectivity index is 1.97. The molecular weight excluding hydrogens is 316 g/mol. The molecule has 136 valence electrons. The fraction of sp³-hybridized carbons (Fsp3) is 0.524. The van der Waals surface area contributed by atoms with E-state index in [1.807, 2.05) is 0 Å². The van der Waals surface area contributed by atoms with E-state index in [1.165, 1.54) is 32.1 Å². The number of hydrogen-bond donors (Lipinski definition) is 2. The highest BCUT2D eigenvalue weighted by Gasteiger charge is 2.00. The van der Waals surface area contributed by atoms with Gasteiger partial charge >= 0.3 is 11.9 Å². The summed E-state index contributed by atoms with van der Waals surface area (Å²) in [5.41, 5.74) is 1.14. The molecule has 0 aliphatic carbocycles.